The molecule has 1 aromatic rings. The number of carbonyl (C=O) groups is 1. The number of aliphatic hydroxyl groups is 1. The molecule has 2 N–H and O–H groups in total. The fourth-order valence-corrected chi connectivity index (χ4v) is 2.34. The molecule has 0 aromatic heterocycles. The Morgan fingerprint density at radius 1 is 1.45 bits per heavy atom. The highest BCUT2D eigenvalue weighted by atomic mass is 16.5. The molecule has 0 spiro atoms. The molecule has 0 radical (unpaired) electrons. The third kappa shape index (κ3) is 2.66. The van der Waals surface area contributed by atoms with Crippen LogP contribution in [0.15, 0.2) is 18.2 Å². The maximum atomic E-state index is 12.3. The second-order valence-corrected chi connectivity index (χ2v) is 5.51. The van der Waals surface area contributed by atoms with Gasteiger partial charge in [-0.15, -0.1) is 0 Å². The molecular formula is C16H18N2O4. The average Bonchev–Trinajstić information content (AvgIpc) is 2.61. The van der Waals surface area contributed by atoms with Gasteiger partial charge < -0.3 is 24.8 Å². The first-order valence-electron chi connectivity index (χ1n) is 7.07. The van der Waals surface area contributed by atoms with Crippen LogP contribution in [0.25, 0.3) is 0 Å². The molecule has 116 valence electrons. The summed E-state index contributed by atoms with van der Waals surface area (Å²) in [6.45, 7) is 0.751. The number of anilines is 1. The number of ether oxygens (including phenoxy) is 2. The number of nitrogens with zero attached hydrogens (tertiary/aromatic N) is 1. The maximum Gasteiger partial charge on any atom is 0.247 e. The van der Waals surface area contributed by atoms with E-state index < -0.39 is 5.60 Å². The Kier molecular flexibility index (Phi) is 3.79. The van der Waals surface area contributed by atoms with Crippen LogP contribution in [0.2, 0.25) is 0 Å². The van der Waals surface area contributed by atoms with Crippen LogP contribution in [0.3, 0.4) is 0 Å². The van der Waals surface area contributed by atoms with Crippen LogP contribution in [0.4, 0.5) is 5.69 Å². The first-order valence-corrected chi connectivity index (χ1v) is 7.07. The van der Waals surface area contributed by atoms with E-state index in [1.165, 1.54) is 0 Å². The Balaban J connectivity index is 1.90. The third-order valence-corrected chi connectivity index (χ3v) is 3.82. The van der Waals surface area contributed by atoms with Crippen LogP contribution in [0, 0.1) is 11.8 Å². The second kappa shape index (κ2) is 5.61. The number of rotatable bonds is 1. The van der Waals surface area contributed by atoms with E-state index in [1.807, 2.05) is 6.07 Å². The molecule has 22 heavy (non-hydrogen) atoms. The van der Waals surface area contributed by atoms with Crippen LogP contribution in [-0.2, 0) is 9.53 Å². The minimum Gasteiger partial charge on any atom is -0.489 e. The van der Waals surface area contributed by atoms with E-state index in [1.54, 1.807) is 31.1 Å². The standard InChI is InChI=1S/C16H18N2O4/c1-17-12-8-22-14-4-3-11(5-6-16(20)9-21-10-16)7-13(14)18(2)15(12)19/h3-4,7,12,17,20H,8-10H2,1-2H3. The van der Waals surface area contributed by atoms with Gasteiger partial charge in [0.05, 0.1) is 18.9 Å². The molecular weight excluding hydrogens is 284 g/mol. The minimum atomic E-state index is -1.05. The molecule has 6 nitrogen and oxygen atoms in total. The summed E-state index contributed by atoms with van der Waals surface area (Å²) in [4.78, 5) is 13.9. The summed E-state index contributed by atoms with van der Waals surface area (Å²) >= 11 is 0. The van der Waals surface area contributed by atoms with Crippen LogP contribution >= 0.6 is 0 Å². The summed E-state index contributed by atoms with van der Waals surface area (Å²) in [5.74, 6) is 6.32. The van der Waals surface area contributed by atoms with E-state index in [0.29, 0.717) is 17.0 Å². The highest BCUT2D eigenvalue weighted by molar-refractivity contribution is 5.99. The Labute approximate surface area is 129 Å². The van der Waals surface area contributed by atoms with Gasteiger partial charge in [-0.25, -0.2) is 0 Å². The predicted molar refractivity (Wildman–Crippen MR) is 80.8 cm³/mol. The molecule has 2 heterocycles. The zero-order chi connectivity index (χ0) is 15.7. The van der Waals surface area contributed by atoms with Crippen LogP contribution < -0.4 is 15.0 Å². The largest absolute Gasteiger partial charge is 0.489 e. The number of nitrogens with one attached hydrogen (secondary N) is 1. The summed E-state index contributed by atoms with van der Waals surface area (Å²) in [7, 11) is 3.44. The van der Waals surface area contributed by atoms with E-state index in [9.17, 15) is 9.90 Å². The van der Waals surface area contributed by atoms with Gasteiger partial charge in [0.15, 0.2) is 5.60 Å². The molecule has 2 aliphatic rings. The summed E-state index contributed by atoms with van der Waals surface area (Å²) in [6, 6.07) is 5.02. The molecule has 1 saturated heterocycles. The van der Waals surface area contributed by atoms with E-state index >= 15 is 0 Å². The molecule has 1 amide bonds. The lowest BCUT2D eigenvalue weighted by atomic mass is 10.0. The van der Waals surface area contributed by atoms with Gasteiger partial charge in [-0.05, 0) is 25.2 Å². The number of amides is 1. The molecule has 2 aliphatic heterocycles. The zero-order valence-electron chi connectivity index (χ0n) is 12.5. The van der Waals surface area contributed by atoms with Gasteiger partial charge in [-0.3, -0.25) is 4.79 Å². The fourth-order valence-electron chi connectivity index (χ4n) is 2.34. The van der Waals surface area contributed by atoms with Crippen molar-refractivity contribution in [2.75, 3.05) is 38.8 Å². The molecule has 0 bridgehead atoms. The number of likely N-dealkylation sites (N-methyl/N-ethyl adjacent to an activating group) is 2. The zero-order valence-corrected chi connectivity index (χ0v) is 12.5. The summed E-state index contributed by atoms with van der Waals surface area (Å²) in [5, 5.41) is 12.9. The Morgan fingerprint density at radius 3 is 2.86 bits per heavy atom. The normalized spacial score (nSPS) is 22.6. The lowest BCUT2D eigenvalue weighted by Crippen LogP contribution is -2.48. The van der Waals surface area contributed by atoms with E-state index in [2.05, 4.69) is 17.2 Å². The predicted octanol–water partition coefficient (Wildman–Crippen LogP) is -0.257. The van der Waals surface area contributed by atoms with Crippen molar-refractivity contribution in [1.82, 2.24) is 5.32 Å². The van der Waals surface area contributed by atoms with Crippen LogP contribution in [0.1, 0.15) is 5.56 Å². The van der Waals surface area contributed by atoms with Gasteiger partial charge in [0.2, 0.25) is 5.91 Å². The number of fused-ring (bicyclic) bond motifs is 1. The highest BCUT2D eigenvalue weighted by Crippen LogP contribution is 2.31. The van der Waals surface area contributed by atoms with E-state index in [-0.39, 0.29) is 31.8 Å². The van der Waals surface area contributed by atoms with Gasteiger partial charge in [-0.2, -0.15) is 0 Å². The highest BCUT2D eigenvalue weighted by Gasteiger charge is 2.34. The van der Waals surface area contributed by atoms with Gasteiger partial charge in [0.25, 0.3) is 0 Å². The van der Waals surface area contributed by atoms with E-state index in [4.69, 9.17) is 9.47 Å². The number of hydrogen-bond donors (Lipinski definition) is 2. The molecule has 1 fully saturated rings. The van der Waals surface area contributed by atoms with Crippen molar-refractivity contribution < 1.29 is 19.4 Å². The van der Waals surface area contributed by atoms with Crippen molar-refractivity contribution in [2.45, 2.75) is 11.6 Å². The van der Waals surface area contributed by atoms with Crippen molar-refractivity contribution in [1.29, 1.82) is 0 Å². The van der Waals surface area contributed by atoms with Gasteiger partial charge in [0.1, 0.15) is 18.4 Å². The topological polar surface area (TPSA) is 71.0 Å². The fraction of sp³-hybridized carbons (Fsp3) is 0.438. The lowest BCUT2D eigenvalue weighted by Gasteiger charge is -2.30. The molecule has 1 aromatic carbocycles. The SMILES string of the molecule is CNC1COc2ccc(C#CC3(O)COC3)cc2N(C)C1=O. The molecule has 3 rings (SSSR count). The first-order chi connectivity index (χ1) is 10.5. The summed E-state index contributed by atoms with van der Waals surface area (Å²) < 4.78 is 10.6. The average molecular weight is 302 g/mol. The lowest BCUT2D eigenvalue weighted by molar-refractivity contribution is -0.140. The third-order valence-electron chi connectivity index (χ3n) is 3.82. The van der Waals surface area contributed by atoms with Gasteiger partial charge in [-0.1, -0.05) is 11.8 Å². The Morgan fingerprint density at radius 2 is 2.23 bits per heavy atom. The second-order valence-electron chi connectivity index (χ2n) is 5.51. The summed E-state index contributed by atoms with van der Waals surface area (Å²) in [5.41, 5.74) is 0.332. The Bertz CT molecular complexity index is 658. The Hall–Kier alpha value is -2.07. The number of carbonyl (C=O) groups excluding carboxylic acids is 1. The van der Waals surface area contributed by atoms with Crippen LogP contribution in [0.5, 0.6) is 5.75 Å². The number of benzene rings is 1. The molecule has 1 atom stereocenters. The van der Waals surface area contributed by atoms with Crippen molar-refractivity contribution in [2.24, 2.45) is 0 Å². The van der Waals surface area contributed by atoms with E-state index in [0.717, 1.165) is 0 Å². The molecule has 1 unspecified atom stereocenters. The van der Waals surface area contributed by atoms with Crippen molar-refractivity contribution in [3.05, 3.63) is 23.8 Å². The monoisotopic (exact) mass is 302 g/mol. The summed E-state index contributed by atoms with van der Waals surface area (Å²) in [6.07, 6.45) is 0. The van der Waals surface area contributed by atoms with Crippen LogP contribution in [-0.4, -0.2) is 56.6 Å². The van der Waals surface area contributed by atoms with Crippen molar-refractivity contribution in [3.63, 3.8) is 0 Å². The first kappa shape index (κ1) is 14.9. The van der Waals surface area contributed by atoms with Gasteiger partial charge in [0, 0.05) is 12.6 Å². The number of hydrogen-bond acceptors (Lipinski definition) is 5. The molecule has 0 saturated carbocycles. The molecule has 0 aliphatic carbocycles. The molecule has 6 heteroatoms. The quantitative estimate of drug-likeness (QED) is 0.700. The minimum absolute atomic E-state index is 0.0580. The maximum absolute atomic E-state index is 12.3. The van der Waals surface area contributed by atoms with Crippen molar-refractivity contribution >= 4 is 11.6 Å². The van der Waals surface area contributed by atoms with Crippen molar-refractivity contribution in [3.8, 4) is 17.6 Å². The van der Waals surface area contributed by atoms with Gasteiger partial charge >= 0.3 is 0 Å². The smallest absolute Gasteiger partial charge is 0.247 e.